The normalized spacial score (nSPS) is 9.53. The van der Waals surface area contributed by atoms with Gasteiger partial charge in [0.25, 0.3) is 0 Å². The fourth-order valence-corrected chi connectivity index (χ4v) is 1.73. The Bertz CT molecular complexity index is 561. The topological polar surface area (TPSA) is 80.5 Å². The SMILES string of the molecule is NCc1ccccc1-c1ccccc1.c1nnn[nH]1. The first-order chi connectivity index (χ1) is 9.42. The molecule has 5 nitrogen and oxygen atoms in total. The number of H-pyrrole nitrogens is 1. The molecule has 0 amide bonds. The summed E-state index contributed by atoms with van der Waals surface area (Å²) in [6.45, 7) is 0.588. The fraction of sp³-hybridized carbons (Fsp3) is 0.0714. The van der Waals surface area contributed by atoms with Crippen LogP contribution in [-0.4, -0.2) is 20.6 Å². The van der Waals surface area contributed by atoms with Gasteiger partial charge >= 0.3 is 0 Å². The zero-order chi connectivity index (χ0) is 13.3. The molecule has 0 aliphatic heterocycles. The highest BCUT2D eigenvalue weighted by molar-refractivity contribution is 5.67. The van der Waals surface area contributed by atoms with Gasteiger partial charge in [-0.25, -0.2) is 5.10 Å². The molecule has 96 valence electrons. The highest BCUT2D eigenvalue weighted by Gasteiger charge is 2.00. The molecule has 0 atom stereocenters. The van der Waals surface area contributed by atoms with Crippen LogP contribution in [-0.2, 0) is 6.54 Å². The molecule has 0 aliphatic rings. The van der Waals surface area contributed by atoms with Gasteiger partial charge in [-0.05, 0) is 27.1 Å². The van der Waals surface area contributed by atoms with Crippen LogP contribution >= 0.6 is 0 Å². The smallest absolute Gasteiger partial charge is 0.135 e. The Labute approximate surface area is 111 Å². The average molecular weight is 253 g/mol. The van der Waals surface area contributed by atoms with Gasteiger partial charge in [-0.15, -0.1) is 5.10 Å². The van der Waals surface area contributed by atoms with E-state index in [2.05, 4.69) is 44.9 Å². The summed E-state index contributed by atoms with van der Waals surface area (Å²) >= 11 is 0. The summed E-state index contributed by atoms with van der Waals surface area (Å²) in [5.74, 6) is 0. The molecule has 0 spiro atoms. The van der Waals surface area contributed by atoms with Crippen LogP contribution in [0.1, 0.15) is 5.56 Å². The van der Waals surface area contributed by atoms with Crippen molar-refractivity contribution in [1.82, 2.24) is 20.6 Å². The number of benzene rings is 2. The maximum absolute atomic E-state index is 5.69. The molecule has 19 heavy (non-hydrogen) atoms. The summed E-state index contributed by atoms with van der Waals surface area (Å²) in [6, 6.07) is 18.6. The predicted molar refractivity (Wildman–Crippen MR) is 73.9 cm³/mol. The Balaban J connectivity index is 0.000000224. The van der Waals surface area contributed by atoms with Crippen molar-refractivity contribution in [3.63, 3.8) is 0 Å². The second-order valence-electron chi connectivity index (χ2n) is 3.79. The molecule has 3 aromatic rings. The molecule has 3 rings (SSSR count). The Morgan fingerprint density at radius 3 is 2.26 bits per heavy atom. The Morgan fingerprint density at radius 1 is 0.947 bits per heavy atom. The van der Waals surface area contributed by atoms with E-state index in [0.717, 1.165) is 0 Å². The van der Waals surface area contributed by atoms with Crippen molar-refractivity contribution in [2.75, 3.05) is 0 Å². The summed E-state index contributed by atoms with van der Waals surface area (Å²) in [7, 11) is 0. The zero-order valence-electron chi connectivity index (χ0n) is 10.4. The zero-order valence-corrected chi connectivity index (χ0v) is 10.4. The molecule has 5 heteroatoms. The molecule has 1 aromatic heterocycles. The van der Waals surface area contributed by atoms with Crippen molar-refractivity contribution < 1.29 is 0 Å². The van der Waals surface area contributed by atoms with Crippen LogP contribution in [0.2, 0.25) is 0 Å². The van der Waals surface area contributed by atoms with Crippen LogP contribution in [0, 0.1) is 0 Å². The van der Waals surface area contributed by atoms with E-state index in [4.69, 9.17) is 5.73 Å². The highest BCUT2D eigenvalue weighted by atomic mass is 15.5. The van der Waals surface area contributed by atoms with Gasteiger partial charge in [-0.1, -0.05) is 54.6 Å². The van der Waals surface area contributed by atoms with E-state index >= 15 is 0 Å². The molecule has 1 heterocycles. The van der Waals surface area contributed by atoms with Crippen molar-refractivity contribution in [1.29, 1.82) is 0 Å². The van der Waals surface area contributed by atoms with Crippen LogP contribution in [0.25, 0.3) is 11.1 Å². The molecule has 0 unspecified atom stereocenters. The summed E-state index contributed by atoms with van der Waals surface area (Å²) in [6.07, 6.45) is 1.40. The van der Waals surface area contributed by atoms with Crippen molar-refractivity contribution in [2.24, 2.45) is 5.73 Å². The van der Waals surface area contributed by atoms with E-state index < -0.39 is 0 Å². The van der Waals surface area contributed by atoms with Crippen LogP contribution in [0.5, 0.6) is 0 Å². The maximum Gasteiger partial charge on any atom is 0.135 e. The lowest BCUT2D eigenvalue weighted by Gasteiger charge is -2.06. The molecule has 0 fully saturated rings. The highest BCUT2D eigenvalue weighted by Crippen LogP contribution is 2.22. The van der Waals surface area contributed by atoms with E-state index in [9.17, 15) is 0 Å². The number of nitrogens with one attached hydrogen (secondary N) is 1. The minimum absolute atomic E-state index is 0.588. The van der Waals surface area contributed by atoms with E-state index in [1.807, 2.05) is 30.3 Å². The van der Waals surface area contributed by atoms with Crippen molar-refractivity contribution in [3.05, 3.63) is 66.5 Å². The van der Waals surface area contributed by atoms with Gasteiger partial charge in [-0.3, -0.25) is 0 Å². The molecule has 2 aromatic carbocycles. The first-order valence-electron chi connectivity index (χ1n) is 5.92. The first-order valence-corrected chi connectivity index (χ1v) is 5.92. The molecule has 0 radical (unpaired) electrons. The molecule has 0 bridgehead atoms. The number of hydrogen-bond donors (Lipinski definition) is 2. The summed E-state index contributed by atoms with van der Waals surface area (Å²) in [5.41, 5.74) is 9.34. The van der Waals surface area contributed by atoms with E-state index in [-0.39, 0.29) is 0 Å². The third kappa shape index (κ3) is 3.72. The lowest BCUT2D eigenvalue weighted by molar-refractivity contribution is 0.881. The second-order valence-corrected chi connectivity index (χ2v) is 3.79. The molecule has 3 N–H and O–H groups in total. The van der Waals surface area contributed by atoms with Crippen LogP contribution < -0.4 is 5.73 Å². The van der Waals surface area contributed by atoms with Gasteiger partial charge in [0.1, 0.15) is 6.33 Å². The van der Waals surface area contributed by atoms with Gasteiger partial charge in [0.15, 0.2) is 0 Å². The Morgan fingerprint density at radius 2 is 1.68 bits per heavy atom. The van der Waals surface area contributed by atoms with E-state index in [1.165, 1.54) is 23.0 Å². The monoisotopic (exact) mass is 253 g/mol. The third-order valence-electron chi connectivity index (χ3n) is 2.59. The number of nitrogens with two attached hydrogens (primary N) is 1. The Kier molecular flexibility index (Phi) is 4.78. The molecular weight excluding hydrogens is 238 g/mol. The third-order valence-corrected chi connectivity index (χ3v) is 2.59. The summed E-state index contributed by atoms with van der Waals surface area (Å²) in [5, 5.41) is 12.1. The van der Waals surface area contributed by atoms with Crippen molar-refractivity contribution >= 4 is 0 Å². The van der Waals surface area contributed by atoms with Crippen LogP contribution in [0.3, 0.4) is 0 Å². The number of hydrogen-bond acceptors (Lipinski definition) is 4. The molecule has 0 aliphatic carbocycles. The number of aromatic nitrogens is 4. The standard InChI is InChI=1S/C13H13N.CH2N4/c14-10-12-8-4-5-9-13(12)11-6-2-1-3-7-11;1-2-4-5-3-1/h1-9H,10,14H2;1H,(H,2,3,4,5). The van der Waals surface area contributed by atoms with Gasteiger partial charge < -0.3 is 5.73 Å². The van der Waals surface area contributed by atoms with E-state index in [1.54, 1.807) is 0 Å². The molecule has 0 saturated heterocycles. The van der Waals surface area contributed by atoms with Crippen LogP contribution in [0.15, 0.2) is 60.9 Å². The number of aromatic amines is 1. The number of rotatable bonds is 2. The maximum atomic E-state index is 5.69. The lowest BCUT2D eigenvalue weighted by Crippen LogP contribution is -1.98. The van der Waals surface area contributed by atoms with Gasteiger partial charge in [0, 0.05) is 6.54 Å². The second kappa shape index (κ2) is 7.03. The van der Waals surface area contributed by atoms with Crippen molar-refractivity contribution in [2.45, 2.75) is 6.54 Å². The van der Waals surface area contributed by atoms with Gasteiger partial charge in [0.2, 0.25) is 0 Å². The summed E-state index contributed by atoms with van der Waals surface area (Å²) in [4.78, 5) is 0. The average Bonchev–Trinajstić information content (AvgIpc) is 3.08. The molecular formula is C14H15N5. The van der Waals surface area contributed by atoms with Crippen molar-refractivity contribution in [3.8, 4) is 11.1 Å². The Hall–Kier alpha value is -2.53. The minimum Gasteiger partial charge on any atom is -0.326 e. The van der Waals surface area contributed by atoms with Crippen LogP contribution in [0.4, 0.5) is 0 Å². The molecule has 0 saturated carbocycles. The van der Waals surface area contributed by atoms with E-state index in [0.29, 0.717) is 6.54 Å². The fourth-order valence-electron chi connectivity index (χ4n) is 1.73. The van der Waals surface area contributed by atoms with Gasteiger partial charge in [0.05, 0.1) is 0 Å². The minimum atomic E-state index is 0.588. The first kappa shape index (κ1) is 12.9. The predicted octanol–water partition coefficient (Wildman–Crippen LogP) is 2.01. The summed E-state index contributed by atoms with van der Waals surface area (Å²) < 4.78 is 0. The van der Waals surface area contributed by atoms with Gasteiger partial charge in [-0.2, -0.15) is 0 Å². The number of tetrazole rings is 1. The largest absolute Gasteiger partial charge is 0.326 e. The lowest BCUT2D eigenvalue weighted by atomic mass is 10.00. The number of nitrogens with zero attached hydrogens (tertiary/aromatic N) is 3. The quantitative estimate of drug-likeness (QED) is 0.732.